The Bertz CT molecular complexity index is 761. The largest absolute Gasteiger partial charge is 0.494 e. The normalized spacial score (nSPS) is 22.1. The van der Waals surface area contributed by atoms with Gasteiger partial charge in [-0.2, -0.15) is 0 Å². The monoisotopic (exact) mass is 324 g/mol. The molecule has 1 aliphatic heterocycles. The van der Waals surface area contributed by atoms with Crippen molar-refractivity contribution in [2.24, 2.45) is 0 Å². The minimum Gasteiger partial charge on any atom is -0.399 e. The van der Waals surface area contributed by atoms with E-state index in [1.54, 1.807) is 0 Å². The van der Waals surface area contributed by atoms with Crippen LogP contribution in [0.3, 0.4) is 0 Å². The van der Waals surface area contributed by atoms with Gasteiger partial charge in [0, 0.05) is 17.8 Å². The topological polar surface area (TPSA) is 36.3 Å². The minimum absolute atomic E-state index is 0.312. The van der Waals surface area contributed by atoms with E-state index in [0.29, 0.717) is 5.92 Å². The van der Waals surface area contributed by atoms with Gasteiger partial charge in [0.25, 0.3) is 0 Å². The van der Waals surface area contributed by atoms with Crippen molar-refractivity contribution in [3.05, 3.63) is 42.0 Å². The first-order chi connectivity index (χ1) is 11.3. The van der Waals surface area contributed by atoms with Crippen LogP contribution in [0, 0.1) is 6.92 Å². The summed E-state index contributed by atoms with van der Waals surface area (Å²) in [5, 5.41) is 0. The summed E-state index contributed by atoms with van der Waals surface area (Å²) in [6.07, 6.45) is 6.63. The maximum atomic E-state index is 6.15. The lowest BCUT2D eigenvalue weighted by molar-refractivity contribution is 0.00578. The van der Waals surface area contributed by atoms with Crippen LogP contribution in [0.1, 0.15) is 57.7 Å². The first kappa shape index (κ1) is 15.9. The number of imidazole rings is 1. The first-order valence-electron chi connectivity index (χ1n) is 8.77. The van der Waals surface area contributed by atoms with Crippen LogP contribution in [0.25, 0.3) is 5.69 Å². The molecule has 0 unspecified atom stereocenters. The van der Waals surface area contributed by atoms with Crippen molar-refractivity contribution in [2.75, 3.05) is 0 Å². The molecule has 1 aromatic carbocycles. The highest BCUT2D eigenvalue weighted by atomic mass is 16.7. The Balaban J connectivity index is 1.60. The number of hydrogen-bond acceptors (Lipinski definition) is 3. The van der Waals surface area contributed by atoms with Crippen LogP contribution in [0.2, 0.25) is 0 Å². The Kier molecular flexibility index (Phi) is 3.45. The standard InChI is InChI=1S/C19H25BN2O2/c1-13-10-15(20-23-18(2,3)19(4,5)24-20)8-9-17(13)22-11-16(21-12-22)14-6-7-14/h8-12,14H,6-7H2,1-5H3. The van der Waals surface area contributed by atoms with Crippen LogP contribution < -0.4 is 5.46 Å². The highest BCUT2D eigenvalue weighted by molar-refractivity contribution is 6.62. The van der Waals surface area contributed by atoms with Gasteiger partial charge in [0.1, 0.15) is 0 Å². The summed E-state index contributed by atoms with van der Waals surface area (Å²) in [7, 11) is -0.312. The molecule has 0 atom stereocenters. The van der Waals surface area contributed by atoms with Crippen molar-refractivity contribution >= 4 is 12.6 Å². The van der Waals surface area contributed by atoms with Crippen LogP contribution in [0.4, 0.5) is 0 Å². The smallest absolute Gasteiger partial charge is 0.399 e. The molecule has 2 aromatic rings. The van der Waals surface area contributed by atoms with E-state index in [9.17, 15) is 0 Å². The third-order valence-corrected chi connectivity index (χ3v) is 5.62. The summed E-state index contributed by atoms with van der Waals surface area (Å²) >= 11 is 0. The van der Waals surface area contributed by atoms with Gasteiger partial charge in [0.2, 0.25) is 0 Å². The van der Waals surface area contributed by atoms with E-state index in [4.69, 9.17) is 9.31 Å². The predicted molar refractivity (Wildman–Crippen MR) is 96.0 cm³/mol. The highest BCUT2D eigenvalue weighted by Crippen LogP contribution is 2.39. The zero-order chi connectivity index (χ0) is 17.1. The molecule has 2 fully saturated rings. The Morgan fingerprint density at radius 2 is 1.79 bits per heavy atom. The molecule has 126 valence electrons. The Labute approximate surface area is 144 Å². The van der Waals surface area contributed by atoms with Gasteiger partial charge in [0.15, 0.2) is 0 Å². The molecule has 0 radical (unpaired) electrons. The minimum atomic E-state index is -0.312. The quantitative estimate of drug-likeness (QED) is 0.813. The second-order valence-electron chi connectivity index (χ2n) is 8.11. The van der Waals surface area contributed by atoms with Crippen molar-refractivity contribution in [1.29, 1.82) is 0 Å². The zero-order valence-corrected chi connectivity index (χ0v) is 15.2. The second-order valence-corrected chi connectivity index (χ2v) is 8.11. The number of rotatable bonds is 3. The lowest BCUT2D eigenvalue weighted by Gasteiger charge is -2.32. The number of aryl methyl sites for hydroxylation is 1. The van der Waals surface area contributed by atoms with Crippen LogP contribution in [0.15, 0.2) is 30.7 Å². The van der Waals surface area contributed by atoms with E-state index in [-0.39, 0.29) is 18.3 Å². The van der Waals surface area contributed by atoms with Crippen LogP contribution in [-0.2, 0) is 9.31 Å². The lowest BCUT2D eigenvalue weighted by Crippen LogP contribution is -2.41. The van der Waals surface area contributed by atoms with E-state index in [1.807, 2.05) is 6.33 Å². The van der Waals surface area contributed by atoms with Gasteiger partial charge >= 0.3 is 7.12 Å². The molecule has 0 bridgehead atoms. The molecule has 2 heterocycles. The molecule has 4 rings (SSSR count). The molecule has 4 nitrogen and oxygen atoms in total. The molecule has 0 spiro atoms. The molecule has 5 heteroatoms. The molecule has 1 saturated carbocycles. The molecular weight excluding hydrogens is 299 g/mol. The van der Waals surface area contributed by atoms with Crippen molar-refractivity contribution in [3.63, 3.8) is 0 Å². The summed E-state index contributed by atoms with van der Waals surface area (Å²) in [5.41, 5.74) is 4.01. The molecule has 0 N–H and O–H groups in total. The van der Waals surface area contributed by atoms with Crippen molar-refractivity contribution in [1.82, 2.24) is 9.55 Å². The highest BCUT2D eigenvalue weighted by Gasteiger charge is 2.51. The fourth-order valence-electron chi connectivity index (χ4n) is 3.15. The predicted octanol–water partition coefficient (Wildman–Crippen LogP) is 3.36. The van der Waals surface area contributed by atoms with E-state index >= 15 is 0 Å². The van der Waals surface area contributed by atoms with E-state index in [1.165, 1.54) is 24.1 Å². The summed E-state index contributed by atoms with van der Waals surface area (Å²) in [4.78, 5) is 4.55. The van der Waals surface area contributed by atoms with E-state index < -0.39 is 0 Å². The van der Waals surface area contributed by atoms with E-state index in [0.717, 1.165) is 11.2 Å². The SMILES string of the molecule is Cc1cc(B2OC(C)(C)C(C)(C)O2)ccc1-n1cnc(C2CC2)c1. The van der Waals surface area contributed by atoms with Crippen LogP contribution >= 0.6 is 0 Å². The maximum absolute atomic E-state index is 6.15. The summed E-state index contributed by atoms with van der Waals surface area (Å²) in [6, 6.07) is 6.39. The lowest BCUT2D eigenvalue weighted by atomic mass is 9.78. The summed E-state index contributed by atoms with van der Waals surface area (Å²) < 4.78 is 14.4. The van der Waals surface area contributed by atoms with Gasteiger partial charge in [-0.15, -0.1) is 0 Å². The molecule has 0 amide bonds. The molecular formula is C19H25BN2O2. The van der Waals surface area contributed by atoms with Crippen LogP contribution in [0.5, 0.6) is 0 Å². The zero-order valence-electron chi connectivity index (χ0n) is 15.2. The van der Waals surface area contributed by atoms with Crippen LogP contribution in [-0.4, -0.2) is 27.9 Å². The van der Waals surface area contributed by atoms with Gasteiger partial charge in [-0.05, 0) is 64.6 Å². The number of benzene rings is 1. The Morgan fingerprint density at radius 1 is 1.12 bits per heavy atom. The molecule has 1 aromatic heterocycles. The van der Waals surface area contributed by atoms with Gasteiger partial charge in [-0.25, -0.2) is 4.98 Å². The van der Waals surface area contributed by atoms with Crippen molar-refractivity contribution < 1.29 is 9.31 Å². The average Bonchev–Trinajstić information content (AvgIpc) is 3.18. The fraction of sp³-hybridized carbons (Fsp3) is 0.526. The number of nitrogens with zero attached hydrogens (tertiary/aromatic N) is 2. The molecule has 2 aliphatic rings. The van der Waals surface area contributed by atoms with Gasteiger partial charge < -0.3 is 13.9 Å². The second kappa shape index (κ2) is 5.20. The van der Waals surface area contributed by atoms with E-state index in [2.05, 4.69) is 68.6 Å². The van der Waals surface area contributed by atoms with Crippen molar-refractivity contribution in [3.8, 4) is 5.69 Å². The van der Waals surface area contributed by atoms with Crippen molar-refractivity contribution in [2.45, 2.75) is 64.6 Å². The van der Waals surface area contributed by atoms with Gasteiger partial charge in [-0.1, -0.05) is 12.1 Å². The molecule has 24 heavy (non-hydrogen) atoms. The molecule has 1 saturated heterocycles. The third-order valence-electron chi connectivity index (χ3n) is 5.62. The first-order valence-corrected chi connectivity index (χ1v) is 8.77. The fourth-order valence-corrected chi connectivity index (χ4v) is 3.15. The van der Waals surface area contributed by atoms with Gasteiger partial charge in [0.05, 0.1) is 23.2 Å². The summed E-state index contributed by atoms with van der Waals surface area (Å²) in [6.45, 7) is 10.5. The Morgan fingerprint density at radius 3 is 2.38 bits per heavy atom. The molecule has 1 aliphatic carbocycles. The van der Waals surface area contributed by atoms with Gasteiger partial charge in [-0.3, -0.25) is 0 Å². The maximum Gasteiger partial charge on any atom is 0.494 e. The Hall–Kier alpha value is -1.59. The third kappa shape index (κ3) is 2.60. The number of aromatic nitrogens is 2. The summed E-state index contributed by atoms with van der Waals surface area (Å²) in [5.74, 6) is 0.676. The number of hydrogen-bond donors (Lipinski definition) is 0. The average molecular weight is 324 g/mol.